The topological polar surface area (TPSA) is 58.8 Å². The number of carbonyl (C=O) groups is 1. The molecule has 0 spiro atoms. The Bertz CT molecular complexity index is 716. The molecule has 0 atom stereocenters. The molecule has 1 saturated heterocycles. The summed E-state index contributed by atoms with van der Waals surface area (Å²) in [5.74, 6) is 1.53. The molecule has 0 N–H and O–H groups in total. The number of nitrogens with zero attached hydrogens (tertiary/aromatic N) is 3. The molecule has 1 aliphatic heterocycles. The molecule has 1 aromatic carbocycles. The van der Waals surface area contributed by atoms with Gasteiger partial charge in [-0.2, -0.15) is 0 Å². The lowest BCUT2D eigenvalue weighted by Gasteiger charge is -2.34. The first-order valence-corrected chi connectivity index (χ1v) is 8.72. The van der Waals surface area contributed by atoms with Gasteiger partial charge in [-0.05, 0) is 31.0 Å². The minimum Gasteiger partial charge on any atom is -0.497 e. The van der Waals surface area contributed by atoms with Crippen molar-refractivity contribution in [2.24, 2.45) is 0 Å². The average molecular weight is 343 g/mol. The summed E-state index contributed by atoms with van der Waals surface area (Å²) in [5.41, 5.74) is 2.65. The van der Waals surface area contributed by atoms with Crippen LogP contribution in [-0.2, 0) is 13.0 Å². The van der Waals surface area contributed by atoms with Gasteiger partial charge in [-0.15, -0.1) is 0 Å². The van der Waals surface area contributed by atoms with Crippen molar-refractivity contribution >= 4 is 5.91 Å². The summed E-state index contributed by atoms with van der Waals surface area (Å²) >= 11 is 0. The van der Waals surface area contributed by atoms with Crippen molar-refractivity contribution < 1.29 is 14.1 Å². The molecular weight excluding hydrogens is 318 g/mol. The highest BCUT2D eigenvalue weighted by Gasteiger charge is 2.27. The molecule has 2 heterocycles. The van der Waals surface area contributed by atoms with Crippen molar-refractivity contribution in [2.45, 2.75) is 26.8 Å². The lowest BCUT2D eigenvalue weighted by molar-refractivity contribution is 0.0626. The Morgan fingerprint density at radius 2 is 1.88 bits per heavy atom. The molecule has 0 bridgehead atoms. The van der Waals surface area contributed by atoms with Crippen LogP contribution in [0.5, 0.6) is 5.75 Å². The fraction of sp³-hybridized carbons (Fsp3) is 0.474. The van der Waals surface area contributed by atoms with Gasteiger partial charge in [-0.3, -0.25) is 9.69 Å². The number of piperazine rings is 1. The SMILES string of the molecule is CCc1noc(C)c1C(=O)N1CCN(Cc2ccc(OC)cc2)CC1. The second-order valence-electron chi connectivity index (χ2n) is 6.33. The first kappa shape index (κ1) is 17.5. The van der Waals surface area contributed by atoms with Crippen LogP contribution >= 0.6 is 0 Å². The number of ether oxygens (including phenoxy) is 1. The van der Waals surface area contributed by atoms with Gasteiger partial charge in [0, 0.05) is 32.7 Å². The lowest BCUT2D eigenvalue weighted by atomic mass is 10.1. The standard InChI is InChI=1S/C19H25N3O3/c1-4-17-18(14(2)25-20-17)19(23)22-11-9-21(10-12-22)13-15-5-7-16(24-3)8-6-15/h5-8H,4,9-13H2,1-3H3. The van der Waals surface area contributed by atoms with Crippen molar-refractivity contribution in [1.82, 2.24) is 15.0 Å². The third kappa shape index (κ3) is 3.85. The molecule has 0 aliphatic carbocycles. The van der Waals surface area contributed by atoms with Crippen LogP contribution in [0, 0.1) is 6.92 Å². The van der Waals surface area contributed by atoms with E-state index in [0.717, 1.165) is 44.2 Å². The third-order valence-electron chi connectivity index (χ3n) is 4.71. The number of aromatic nitrogens is 1. The third-order valence-corrected chi connectivity index (χ3v) is 4.71. The van der Waals surface area contributed by atoms with Crippen LogP contribution < -0.4 is 4.74 Å². The summed E-state index contributed by atoms with van der Waals surface area (Å²) in [6.07, 6.45) is 0.704. The zero-order valence-corrected chi connectivity index (χ0v) is 15.1. The van der Waals surface area contributed by atoms with Crippen molar-refractivity contribution in [1.29, 1.82) is 0 Å². The normalized spacial score (nSPS) is 15.4. The van der Waals surface area contributed by atoms with E-state index >= 15 is 0 Å². The zero-order valence-electron chi connectivity index (χ0n) is 15.1. The zero-order chi connectivity index (χ0) is 17.8. The molecule has 3 rings (SSSR count). The van der Waals surface area contributed by atoms with Crippen molar-refractivity contribution in [3.8, 4) is 5.75 Å². The van der Waals surface area contributed by atoms with E-state index in [1.54, 1.807) is 14.0 Å². The maximum absolute atomic E-state index is 12.8. The van der Waals surface area contributed by atoms with Crippen LogP contribution in [0.3, 0.4) is 0 Å². The number of hydrogen-bond acceptors (Lipinski definition) is 5. The fourth-order valence-electron chi connectivity index (χ4n) is 3.19. The number of methoxy groups -OCH3 is 1. The maximum Gasteiger partial charge on any atom is 0.259 e. The summed E-state index contributed by atoms with van der Waals surface area (Å²) in [5, 5.41) is 3.99. The number of rotatable bonds is 5. The number of benzene rings is 1. The summed E-state index contributed by atoms with van der Waals surface area (Å²) in [6, 6.07) is 8.14. The highest BCUT2D eigenvalue weighted by molar-refractivity contribution is 5.96. The second-order valence-corrected chi connectivity index (χ2v) is 6.33. The predicted octanol–water partition coefficient (Wildman–Crippen LogP) is 2.51. The van der Waals surface area contributed by atoms with Crippen LogP contribution in [0.25, 0.3) is 0 Å². The van der Waals surface area contributed by atoms with Crippen LogP contribution in [0.1, 0.15) is 34.3 Å². The molecule has 1 aromatic heterocycles. The van der Waals surface area contributed by atoms with Crippen molar-refractivity contribution in [3.05, 3.63) is 46.8 Å². The highest BCUT2D eigenvalue weighted by atomic mass is 16.5. The smallest absolute Gasteiger partial charge is 0.259 e. The van der Waals surface area contributed by atoms with Gasteiger partial charge in [0.05, 0.1) is 12.8 Å². The largest absolute Gasteiger partial charge is 0.497 e. The van der Waals surface area contributed by atoms with Gasteiger partial charge in [0.15, 0.2) is 0 Å². The molecule has 2 aromatic rings. The van der Waals surface area contributed by atoms with E-state index in [9.17, 15) is 4.79 Å². The first-order valence-electron chi connectivity index (χ1n) is 8.72. The molecule has 0 radical (unpaired) electrons. The fourth-order valence-corrected chi connectivity index (χ4v) is 3.19. The molecule has 0 saturated carbocycles. The number of hydrogen-bond donors (Lipinski definition) is 0. The quantitative estimate of drug-likeness (QED) is 0.835. The Morgan fingerprint density at radius 1 is 1.20 bits per heavy atom. The van der Waals surface area contributed by atoms with Crippen LogP contribution in [-0.4, -0.2) is 54.2 Å². The number of carbonyl (C=O) groups excluding carboxylic acids is 1. The van der Waals surface area contributed by atoms with E-state index in [1.807, 2.05) is 24.0 Å². The minimum absolute atomic E-state index is 0.0414. The average Bonchev–Trinajstić information content (AvgIpc) is 3.03. The molecule has 6 nitrogen and oxygen atoms in total. The molecule has 25 heavy (non-hydrogen) atoms. The Morgan fingerprint density at radius 3 is 2.48 bits per heavy atom. The summed E-state index contributed by atoms with van der Waals surface area (Å²) < 4.78 is 10.4. The molecule has 1 amide bonds. The van der Waals surface area contributed by atoms with Gasteiger partial charge in [-0.25, -0.2) is 0 Å². The number of aryl methyl sites for hydroxylation is 2. The molecule has 1 fully saturated rings. The summed E-state index contributed by atoms with van der Waals surface area (Å²) in [6.45, 7) is 7.86. The van der Waals surface area contributed by atoms with Crippen molar-refractivity contribution in [3.63, 3.8) is 0 Å². The monoisotopic (exact) mass is 343 g/mol. The molecule has 1 aliphatic rings. The highest BCUT2D eigenvalue weighted by Crippen LogP contribution is 2.19. The van der Waals surface area contributed by atoms with E-state index in [1.165, 1.54) is 5.56 Å². The summed E-state index contributed by atoms with van der Waals surface area (Å²) in [4.78, 5) is 17.1. The van der Waals surface area contributed by atoms with Gasteiger partial charge < -0.3 is 14.2 Å². The molecule has 6 heteroatoms. The Kier molecular flexibility index (Phi) is 5.38. The van der Waals surface area contributed by atoms with Crippen LogP contribution in [0.15, 0.2) is 28.8 Å². The Balaban J connectivity index is 1.57. The Labute approximate surface area is 148 Å². The minimum atomic E-state index is 0.0414. The van der Waals surface area contributed by atoms with Crippen LogP contribution in [0.2, 0.25) is 0 Å². The number of amides is 1. The van der Waals surface area contributed by atoms with Gasteiger partial charge in [0.2, 0.25) is 0 Å². The van der Waals surface area contributed by atoms with E-state index in [0.29, 0.717) is 17.7 Å². The van der Waals surface area contributed by atoms with E-state index in [4.69, 9.17) is 9.26 Å². The van der Waals surface area contributed by atoms with Gasteiger partial charge >= 0.3 is 0 Å². The summed E-state index contributed by atoms with van der Waals surface area (Å²) in [7, 11) is 1.67. The lowest BCUT2D eigenvalue weighted by Crippen LogP contribution is -2.48. The predicted molar refractivity (Wildman–Crippen MR) is 94.8 cm³/mol. The molecular formula is C19H25N3O3. The van der Waals surface area contributed by atoms with Gasteiger partial charge in [0.1, 0.15) is 17.1 Å². The first-order chi connectivity index (χ1) is 12.1. The van der Waals surface area contributed by atoms with Crippen molar-refractivity contribution in [2.75, 3.05) is 33.3 Å². The second kappa shape index (κ2) is 7.70. The van der Waals surface area contributed by atoms with E-state index in [-0.39, 0.29) is 5.91 Å². The van der Waals surface area contributed by atoms with E-state index < -0.39 is 0 Å². The van der Waals surface area contributed by atoms with Gasteiger partial charge in [0.25, 0.3) is 5.91 Å². The Hall–Kier alpha value is -2.34. The van der Waals surface area contributed by atoms with Gasteiger partial charge in [-0.1, -0.05) is 24.2 Å². The maximum atomic E-state index is 12.8. The van der Waals surface area contributed by atoms with E-state index in [2.05, 4.69) is 22.2 Å². The molecule has 134 valence electrons. The van der Waals surface area contributed by atoms with Crippen LogP contribution in [0.4, 0.5) is 0 Å². The molecule has 0 unspecified atom stereocenters.